The van der Waals surface area contributed by atoms with Crippen LogP contribution in [0.25, 0.3) is 6.08 Å². The van der Waals surface area contributed by atoms with E-state index in [-0.39, 0.29) is 22.6 Å². The number of nitrogens with one attached hydrogen (secondary N) is 2. The van der Waals surface area contributed by atoms with Crippen LogP contribution in [0.5, 0.6) is 0 Å². The summed E-state index contributed by atoms with van der Waals surface area (Å²) in [6.45, 7) is 17.7. The topological polar surface area (TPSA) is 89.6 Å². The largest absolute Gasteiger partial charge is 0.372 e. The Morgan fingerprint density at radius 3 is 1.74 bits per heavy atom. The fourth-order valence-corrected chi connectivity index (χ4v) is 13.4. The molecule has 3 unspecified atom stereocenters. The lowest BCUT2D eigenvalue weighted by atomic mass is 9.76. The molecule has 4 fully saturated rings. The average molecular weight is 927 g/mol. The molecular weight excluding hydrogens is 861 g/mol. The molecule has 0 spiro atoms. The maximum atomic E-state index is 13.4. The second-order valence-electron chi connectivity index (χ2n) is 19.8. The lowest BCUT2D eigenvalue weighted by Crippen LogP contribution is -2.51. The summed E-state index contributed by atoms with van der Waals surface area (Å²) >= 11 is 0. The fourth-order valence-electron chi connectivity index (χ4n) is 11.6. The van der Waals surface area contributed by atoms with Crippen molar-refractivity contribution >= 4 is 56.5 Å². The molecule has 3 atom stereocenters. The molecular formula is C54H66N6O4S2. The number of anilines is 3. The Morgan fingerprint density at radius 2 is 1.21 bits per heavy atom. The second-order valence-corrected chi connectivity index (χ2v) is 22.5. The van der Waals surface area contributed by atoms with Gasteiger partial charge in [0.05, 0.1) is 13.2 Å². The molecule has 348 valence electrons. The normalized spacial score (nSPS) is 26.0. The molecule has 6 aliphatic heterocycles. The number of rotatable bonds is 15. The summed E-state index contributed by atoms with van der Waals surface area (Å²) in [6.07, 6.45) is 22.1. The Bertz CT molecular complexity index is 2440. The van der Waals surface area contributed by atoms with Crippen molar-refractivity contribution in [3.05, 3.63) is 131 Å². The van der Waals surface area contributed by atoms with Gasteiger partial charge in [-0.05, 0) is 128 Å². The van der Waals surface area contributed by atoms with Crippen molar-refractivity contribution < 1.29 is 19.1 Å². The predicted octanol–water partition coefficient (Wildman–Crippen LogP) is 9.10. The number of likely N-dealkylation sites (tertiary alicyclic amines) is 1. The van der Waals surface area contributed by atoms with Crippen LogP contribution in [-0.4, -0.2) is 111 Å². The van der Waals surface area contributed by atoms with E-state index in [1.54, 1.807) is 21.6 Å². The van der Waals surface area contributed by atoms with Crippen LogP contribution in [-0.2, 0) is 20.3 Å². The van der Waals surface area contributed by atoms with Crippen molar-refractivity contribution in [1.82, 2.24) is 15.5 Å². The number of ether oxygens (including phenoxy) is 2. The molecule has 3 aromatic rings. The van der Waals surface area contributed by atoms with Crippen LogP contribution in [0.3, 0.4) is 0 Å². The Hall–Kier alpha value is -4.46. The van der Waals surface area contributed by atoms with Gasteiger partial charge in [0, 0.05) is 95.8 Å². The Morgan fingerprint density at radius 1 is 0.682 bits per heavy atom. The zero-order chi connectivity index (χ0) is 45.5. The van der Waals surface area contributed by atoms with E-state index >= 15 is 0 Å². The van der Waals surface area contributed by atoms with E-state index in [0.717, 1.165) is 72.2 Å². The molecule has 66 heavy (non-hydrogen) atoms. The van der Waals surface area contributed by atoms with Crippen molar-refractivity contribution in [2.45, 2.75) is 88.1 Å². The van der Waals surface area contributed by atoms with E-state index in [1.165, 1.54) is 50.0 Å². The molecule has 4 saturated heterocycles. The summed E-state index contributed by atoms with van der Waals surface area (Å²) in [5, 5.41) is 6.26. The van der Waals surface area contributed by atoms with Crippen LogP contribution in [0.15, 0.2) is 103 Å². The summed E-state index contributed by atoms with van der Waals surface area (Å²) < 4.78 is 13.2. The maximum absolute atomic E-state index is 13.4. The highest BCUT2D eigenvalue weighted by atomic mass is 33.1. The van der Waals surface area contributed by atoms with Gasteiger partial charge >= 0.3 is 0 Å². The molecule has 0 saturated carbocycles. The first-order chi connectivity index (χ1) is 32.0. The molecule has 1 aliphatic carbocycles. The third-order valence-electron chi connectivity index (χ3n) is 15.4. The lowest BCUT2D eigenvalue weighted by molar-refractivity contribution is -0.000348. The SMILES string of the molecule is CC1(C)c2cc(C(=O)NCCSSCCNC(=O)c3ccc4c(c3)C(C)(C)C3(/C=C/c5ccc(N6CCCC6)cc5)OCCN43)ccc2N2CCOC21/C=C/C1=CCC(N2CCCC2)C=C1. The number of hydrogen-bond acceptors (Lipinski definition) is 10. The molecule has 3 aromatic carbocycles. The van der Waals surface area contributed by atoms with Gasteiger partial charge in [-0.2, -0.15) is 0 Å². The first-order valence-electron chi connectivity index (χ1n) is 24.3. The summed E-state index contributed by atoms with van der Waals surface area (Å²) in [5.74, 6) is 1.38. The minimum absolute atomic E-state index is 0.0666. The van der Waals surface area contributed by atoms with Gasteiger partial charge in [-0.1, -0.05) is 91.8 Å². The number of fused-ring (bicyclic) bond motifs is 6. The molecule has 2 amide bonds. The summed E-state index contributed by atoms with van der Waals surface area (Å²) in [4.78, 5) is 36.7. The van der Waals surface area contributed by atoms with Gasteiger partial charge in [0.2, 0.25) is 0 Å². The lowest BCUT2D eigenvalue weighted by Gasteiger charge is -2.40. The highest BCUT2D eigenvalue weighted by Crippen LogP contribution is 2.56. The monoisotopic (exact) mass is 926 g/mol. The Balaban J connectivity index is 0.679. The summed E-state index contributed by atoms with van der Waals surface area (Å²) in [5.41, 5.74) is 7.56. The minimum atomic E-state index is -0.625. The van der Waals surface area contributed by atoms with Crippen LogP contribution in [0.1, 0.15) is 97.2 Å². The molecule has 10 rings (SSSR count). The van der Waals surface area contributed by atoms with E-state index in [2.05, 4.69) is 149 Å². The minimum Gasteiger partial charge on any atom is -0.372 e. The van der Waals surface area contributed by atoms with E-state index in [9.17, 15) is 9.59 Å². The van der Waals surface area contributed by atoms with E-state index in [1.807, 2.05) is 12.1 Å². The highest BCUT2D eigenvalue weighted by molar-refractivity contribution is 8.76. The standard InChI is InChI=1S/C54H66N6O4S2/c1-51(2)45-37-41(13-19-47(45)59-31-33-63-53(51,59)23-21-39-9-15-43(16-10-39)57-27-5-6-28-57)49(61)55-25-35-65-66-36-26-56-50(62)42-14-20-48-46(38-42)52(3,4)54(60(48)32-34-64-54)24-22-40-11-17-44(18-12-40)58-29-7-8-30-58/h9-17,19-24,37-38,44H,5-8,18,25-36H2,1-4H3,(H,55,61)(H,56,62)/b23-21+,24-22+. The van der Waals surface area contributed by atoms with Gasteiger partial charge in [0.1, 0.15) is 0 Å². The summed E-state index contributed by atoms with van der Waals surface area (Å²) in [7, 11) is 3.41. The van der Waals surface area contributed by atoms with Gasteiger partial charge < -0.3 is 34.8 Å². The third-order valence-corrected chi connectivity index (χ3v) is 17.8. The Labute approximate surface area is 399 Å². The van der Waals surface area contributed by atoms with Gasteiger partial charge in [0.25, 0.3) is 11.8 Å². The molecule has 0 bridgehead atoms. The van der Waals surface area contributed by atoms with Crippen molar-refractivity contribution in [3.63, 3.8) is 0 Å². The summed E-state index contributed by atoms with van der Waals surface area (Å²) in [6, 6.07) is 21.6. The number of carbonyl (C=O) groups is 2. The van der Waals surface area contributed by atoms with Crippen LogP contribution >= 0.6 is 21.6 Å². The highest BCUT2D eigenvalue weighted by Gasteiger charge is 2.60. The van der Waals surface area contributed by atoms with E-state index < -0.39 is 11.4 Å². The number of amides is 2. The van der Waals surface area contributed by atoms with Crippen LogP contribution in [0.4, 0.5) is 17.1 Å². The quantitative estimate of drug-likeness (QED) is 0.114. The zero-order valence-corrected chi connectivity index (χ0v) is 40.8. The van der Waals surface area contributed by atoms with E-state index in [4.69, 9.17) is 9.47 Å². The van der Waals surface area contributed by atoms with Gasteiger partial charge in [-0.15, -0.1) is 0 Å². The maximum Gasteiger partial charge on any atom is 0.251 e. The second kappa shape index (κ2) is 18.6. The van der Waals surface area contributed by atoms with Crippen LogP contribution < -0.4 is 25.3 Å². The Kier molecular flexibility index (Phi) is 12.7. The molecule has 0 aromatic heterocycles. The first-order valence-corrected chi connectivity index (χ1v) is 26.8. The van der Waals surface area contributed by atoms with Crippen molar-refractivity contribution in [1.29, 1.82) is 0 Å². The number of allylic oxidation sites excluding steroid dienone is 3. The van der Waals surface area contributed by atoms with Crippen molar-refractivity contribution in [3.8, 4) is 0 Å². The molecule has 12 heteroatoms. The van der Waals surface area contributed by atoms with Gasteiger partial charge in [-0.3, -0.25) is 14.5 Å². The number of carbonyl (C=O) groups excluding carboxylic acids is 2. The average Bonchev–Trinajstić information content (AvgIpc) is 4.21. The van der Waals surface area contributed by atoms with Gasteiger partial charge in [0.15, 0.2) is 11.4 Å². The number of hydrogen-bond donors (Lipinski definition) is 2. The van der Waals surface area contributed by atoms with Crippen LogP contribution in [0, 0.1) is 0 Å². The predicted molar refractivity (Wildman–Crippen MR) is 273 cm³/mol. The van der Waals surface area contributed by atoms with Crippen molar-refractivity contribution in [2.75, 3.05) is 91.8 Å². The molecule has 6 heterocycles. The van der Waals surface area contributed by atoms with Crippen molar-refractivity contribution in [2.24, 2.45) is 0 Å². The molecule has 0 radical (unpaired) electrons. The molecule has 2 N–H and O–H groups in total. The van der Waals surface area contributed by atoms with Crippen LogP contribution in [0.2, 0.25) is 0 Å². The van der Waals surface area contributed by atoms with Gasteiger partial charge in [-0.25, -0.2) is 0 Å². The molecule has 10 nitrogen and oxygen atoms in total. The first kappa shape index (κ1) is 45.3. The zero-order valence-electron chi connectivity index (χ0n) is 39.2. The third kappa shape index (κ3) is 8.12. The van der Waals surface area contributed by atoms with E-state index in [0.29, 0.717) is 43.5 Å². The fraction of sp³-hybridized carbons (Fsp3) is 0.481. The number of nitrogens with zero attached hydrogens (tertiary/aromatic N) is 4. The number of benzene rings is 3. The molecule has 7 aliphatic rings. The smallest absolute Gasteiger partial charge is 0.251 e.